The Balaban J connectivity index is 1.55. The van der Waals surface area contributed by atoms with E-state index >= 15 is 0 Å². The topological polar surface area (TPSA) is 85.4 Å². The first-order chi connectivity index (χ1) is 13.9. The maximum absolute atomic E-state index is 13.0. The lowest BCUT2D eigenvalue weighted by Gasteiger charge is -2.38. The number of piperidine rings is 1. The first-order valence-corrected chi connectivity index (χ1v) is 11.3. The van der Waals surface area contributed by atoms with Crippen LogP contribution < -0.4 is 4.74 Å². The molecule has 2 aliphatic rings. The summed E-state index contributed by atoms with van der Waals surface area (Å²) in [5.74, 6) is 0.515. The van der Waals surface area contributed by atoms with E-state index in [-0.39, 0.29) is 22.8 Å². The molecule has 0 saturated carbocycles. The van der Waals surface area contributed by atoms with Crippen molar-refractivity contribution in [3.63, 3.8) is 0 Å². The van der Waals surface area contributed by atoms with E-state index in [0.717, 1.165) is 19.3 Å². The van der Waals surface area contributed by atoms with Gasteiger partial charge in [0.25, 0.3) is 0 Å². The van der Waals surface area contributed by atoms with Crippen molar-refractivity contribution in [1.82, 2.24) is 9.21 Å². The fourth-order valence-corrected chi connectivity index (χ4v) is 5.54. The predicted octanol–water partition coefficient (Wildman–Crippen LogP) is 1.36. The minimum atomic E-state index is -3.55. The lowest BCUT2D eigenvalue weighted by molar-refractivity contribution is -0.136. The second-order valence-corrected chi connectivity index (χ2v) is 9.63. The number of hydrogen-bond donors (Lipinski definition) is 0. The maximum atomic E-state index is 13.0. The van der Waals surface area contributed by atoms with Crippen molar-refractivity contribution < 1.29 is 27.4 Å². The molecule has 0 unspecified atom stereocenters. The zero-order valence-corrected chi connectivity index (χ0v) is 17.9. The van der Waals surface area contributed by atoms with E-state index in [1.807, 2.05) is 4.90 Å². The highest BCUT2D eigenvalue weighted by atomic mass is 32.2. The highest BCUT2D eigenvalue weighted by Crippen LogP contribution is 2.41. The number of amides is 1. The Morgan fingerprint density at radius 2 is 1.83 bits per heavy atom. The van der Waals surface area contributed by atoms with Gasteiger partial charge in [-0.25, -0.2) is 8.42 Å². The van der Waals surface area contributed by atoms with Crippen molar-refractivity contribution in [3.8, 4) is 5.75 Å². The maximum Gasteiger partial charge on any atom is 0.248 e. The summed E-state index contributed by atoms with van der Waals surface area (Å²) >= 11 is 0. The molecule has 0 atom stereocenters. The lowest BCUT2D eigenvalue weighted by Crippen LogP contribution is -2.44. The summed E-state index contributed by atoms with van der Waals surface area (Å²) in [6.07, 6.45) is 2.42. The molecule has 1 amide bonds. The minimum absolute atomic E-state index is 0.00257. The van der Waals surface area contributed by atoms with E-state index in [9.17, 15) is 13.2 Å². The number of methoxy groups -OCH3 is 2. The van der Waals surface area contributed by atoms with Crippen LogP contribution in [0.3, 0.4) is 0 Å². The summed E-state index contributed by atoms with van der Waals surface area (Å²) in [4.78, 5) is 14.4. The van der Waals surface area contributed by atoms with Crippen molar-refractivity contribution in [2.24, 2.45) is 5.41 Å². The van der Waals surface area contributed by atoms with Gasteiger partial charge >= 0.3 is 0 Å². The van der Waals surface area contributed by atoms with Gasteiger partial charge in [-0.1, -0.05) is 6.07 Å². The molecule has 8 nitrogen and oxygen atoms in total. The van der Waals surface area contributed by atoms with Crippen LogP contribution in [0.1, 0.15) is 19.3 Å². The van der Waals surface area contributed by atoms with Gasteiger partial charge in [0.05, 0.1) is 25.2 Å². The highest BCUT2D eigenvalue weighted by Gasteiger charge is 2.44. The molecule has 2 fully saturated rings. The third-order valence-corrected chi connectivity index (χ3v) is 7.81. The zero-order chi connectivity index (χ0) is 20.9. The number of nitrogens with zero attached hydrogens (tertiary/aromatic N) is 2. The standard InChI is InChI=1S/C20H30N2O6S/c1-26-12-13-28-15-19(23)21-9-6-20(16-21)7-10-22(11-8-20)29(24,25)18-5-3-4-17(14-18)27-2/h3-5,14H,6-13,15-16H2,1-2H3. The summed E-state index contributed by atoms with van der Waals surface area (Å²) in [6, 6.07) is 6.57. The van der Waals surface area contributed by atoms with E-state index in [4.69, 9.17) is 14.2 Å². The van der Waals surface area contributed by atoms with Crippen molar-refractivity contribution in [2.45, 2.75) is 24.2 Å². The summed E-state index contributed by atoms with van der Waals surface area (Å²) < 4.78 is 42.9. The Kier molecular flexibility index (Phi) is 7.15. The molecule has 0 N–H and O–H groups in total. The Bertz CT molecular complexity index is 805. The van der Waals surface area contributed by atoms with Crippen molar-refractivity contribution >= 4 is 15.9 Å². The third-order valence-electron chi connectivity index (χ3n) is 5.91. The molecule has 2 heterocycles. The van der Waals surface area contributed by atoms with Gasteiger partial charge in [-0.2, -0.15) is 4.31 Å². The number of likely N-dealkylation sites (tertiary alicyclic amines) is 1. The van der Waals surface area contributed by atoms with Gasteiger partial charge in [-0.15, -0.1) is 0 Å². The number of carbonyl (C=O) groups is 1. The van der Waals surface area contributed by atoms with E-state index in [2.05, 4.69) is 0 Å². The Labute approximate surface area is 172 Å². The smallest absolute Gasteiger partial charge is 0.248 e. The molecule has 9 heteroatoms. The molecule has 0 aromatic heterocycles. The van der Waals surface area contributed by atoms with Crippen LogP contribution in [0.15, 0.2) is 29.2 Å². The fraction of sp³-hybridized carbons (Fsp3) is 0.650. The van der Waals surface area contributed by atoms with Crippen molar-refractivity contribution in [2.75, 3.05) is 60.2 Å². The van der Waals surface area contributed by atoms with Crippen LogP contribution in [0.5, 0.6) is 5.75 Å². The number of ether oxygens (including phenoxy) is 3. The van der Waals surface area contributed by atoms with Crippen LogP contribution in [-0.2, 0) is 24.3 Å². The molecular weight excluding hydrogens is 396 g/mol. The number of rotatable bonds is 8. The van der Waals surface area contributed by atoms with Gasteiger partial charge in [0.2, 0.25) is 15.9 Å². The predicted molar refractivity (Wildman–Crippen MR) is 107 cm³/mol. The quantitative estimate of drug-likeness (QED) is 0.584. The highest BCUT2D eigenvalue weighted by molar-refractivity contribution is 7.89. The number of hydrogen-bond acceptors (Lipinski definition) is 6. The number of sulfonamides is 1. The molecular formula is C20H30N2O6S. The third kappa shape index (κ3) is 5.09. The summed E-state index contributed by atoms with van der Waals surface area (Å²) in [5.41, 5.74) is 0.00257. The fourth-order valence-electron chi connectivity index (χ4n) is 4.06. The van der Waals surface area contributed by atoms with Crippen molar-refractivity contribution in [1.29, 1.82) is 0 Å². The molecule has 1 spiro atoms. The molecule has 0 bridgehead atoms. The van der Waals surface area contributed by atoms with Crippen LogP contribution in [0, 0.1) is 5.41 Å². The zero-order valence-electron chi connectivity index (χ0n) is 17.1. The summed E-state index contributed by atoms with van der Waals surface area (Å²) in [6.45, 7) is 3.24. The second-order valence-electron chi connectivity index (χ2n) is 7.69. The largest absolute Gasteiger partial charge is 0.497 e. The average molecular weight is 427 g/mol. The average Bonchev–Trinajstić information content (AvgIpc) is 3.15. The van der Waals surface area contributed by atoms with Gasteiger partial charge in [0.1, 0.15) is 12.4 Å². The number of carbonyl (C=O) groups excluding carboxylic acids is 1. The Morgan fingerprint density at radius 3 is 2.52 bits per heavy atom. The van der Waals surface area contributed by atoms with Gasteiger partial charge in [0.15, 0.2) is 0 Å². The summed E-state index contributed by atoms with van der Waals surface area (Å²) in [7, 11) is -0.434. The molecule has 2 saturated heterocycles. The van der Waals surface area contributed by atoms with Crippen LogP contribution in [-0.4, -0.2) is 83.7 Å². The Hall–Kier alpha value is -1.68. The van der Waals surface area contributed by atoms with E-state index < -0.39 is 10.0 Å². The molecule has 1 aromatic rings. The first-order valence-electron chi connectivity index (χ1n) is 9.89. The molecule has 0 radical (unpaired) electrons. The van der Waals surface area contributed by atoms with E-state index in [1.165, 1.54) is 7.11 Å². The molecule has 29 heavy (non-hydrogen) atoms. The van der Waals surface area contributed by atoms with Gasteiger partial charge in [-0.3, -0.25) is 4.79 Å². The van der Waals surface area contributed by atoms with Gasteiger partial charge in [0, 0.05) is 39.4 Å². The van der Waals surface area contributed by atoms with E-state index in [0.29, 0.717) is 45.1 Å². The second kappa shape index (κ2) is 9.42. The van der Waals surface area contributed by atoms with Gasteiger partial charge in [-0.05, 0) is 36.8 Å². The lowest BCUT2D eigenvalue weighted by atomic mass is 9.78. The number of benzene rings is 1. The van der Waals surface area contributed by atoms with Gasteiger partial charge < -0.3 is 19.1 Å². The molecule has 3 rings (SSSR count). The minimum Gasteiger partial charge on any atom is -0.497 e. The van der Waals surface area contributed by atoms with Crippen LogP contribution in [0.25, 0.3) is 0 Å². The van der Waals surface area contributed by atoms with Crippen LogP contribution in [0.4, 0.5) is 0 Å². The van der Waals surface area contributed by atoms with Crippen LogP contribution in [0.2, 0.25) is 0 Å². The monoisotopic (exact) mass is 426 g/mol. The molecule has 1 aromatic carbocycles. The van der Waals surface area contributed by atoms with Crippen molar-refractivity contribution in [3.05, 3.63) is 24.3 Å². The first kappa shape index (κ1) is 22.0. The molecule has 162 valence electrons. The molecule has 2 aliphatic heterocycles. The van der Waals surface area contributed by atoms with Crippen LogP contribution >= 0.6 is 0 Å². The summed E-state index contributed by atoms with van der Waals surface area (Å²) in [5, 5.41) is 0. The normalized spacial score (nSPS) is 19.6. The Morgan fingerprint density at radius 1 is 1.10 bits per heavy atom. The SMILES string of the molecule is COCCOCC(=O)N1CCC2(CCN(S(=O)(=O)c3cccc(OC)c3)CC2)C1. The molecule has 0 aliphatic carbocycles. The van der Waals surface area contributed by atoms with E-state index in [1.54, 1.807) is 35.7 Å².